The standard InChI is InChI=1S/C19H18ClFN4O3/c1-11(10-26)23-18(27)16-7-17(12-2-4-13(20)5-3-12)24-25(19(16)28)15-6-14(21)8-22-9-15/h2-9,11,18,23,26-27H,10H2,1H3/t11-,18?/m1/s1. The van der Waals surface area contributed by atoms with Crippen LogP contribution in [-0.2, 0) is 0 Å². The van der Waals surface area contributed by atoms with Crippen molar-refractivity contribution in [2.45, 2.75) is 19.2 Å². The fourth-order valence-corrected chi connectivity index (χ4v) is 2.70. The van der Waals surface area contributed by atoms with Crippen LogP contribution in [0.4, 0.5) is 4.39 Å². The van der Waals surface area contributed by atoms with Crippen molar-refractivity contribution in [1.29, 1.82) is 0 Å². The number of aromatic nitrogens is 3. The molecule has 2 aromatic heterocycles. The van der Waals surface area contributed by atoms with Gasteiger partial charge in [-0.25, -0.2) is 4.39 Å². The highest BCUT2D eigenvalue weighted by Crippen LogP contribution is 2.22. The van der Waals surface area contributed by atoms with Crippen LogP contribution in [0, 0.1) is 5.82 Å². The molecule has 1 aromatic carbocycles. The van der Waals surface area contributed by atoms with Crippen LogP contribution in [0.1, 0.15) is 18.7 Å². The fourth-order valence-electron chi connectivity index (χ4n) is 2.57. The summed E-state index contributed by atoms with van der Waals surface area (Å²) < 4.78 is 14.6. The maximum absolute atomic E-state index is 13.6. The number of nitrogens with one attached hydrogen (secondary N) is 1. The van der Waals surface area contributed by atoms with Gasteiger partial charge in [0, 0.05) is 22.7 Å². The van der Waals surface area contributed by atoms with E-state index < -0.39 is 23.6 Å². The highest BCUT2D eigenvalue weighted by molar-refractivity contribution is 6.30. The van der Waals surface area contributed by atoms with Crippen LogP contribution in [0.5, 0.6) is 0 Å². The molecule has 0 aliphatic carbocycles. The topological polar surface area (TPSA) is 100 Å². The highest BCUT2D eigenvalue weighted by Gasteiger charge is 2.19. The maximum atomic E-state index is 13.6. The number of rotatable bonds is 6. The lowest BCUT2D eigenvalue weighted by Gasteiger charge is -2.19. The second-order valence-corrected chi connectivity index (χ2v) is 6.66. The number of hydrogen-bond acceptors (Lipinski definition) is 6. The van der Waals surface area contributed by atoms with E-state index in [0.717, 1.165) is 16.9 Å². The molecule has 0 radical (unpaired) electrons. The van der Waals surface area contributed by atoms with Gasteiger partial charge in [-0.3, -0.25) is 15.1 Å². The SMILES string of the molecule is C[C@H](CO)NC(O)c1cc(-c2ccc(Cl)cc2)nn(-c2cncc(F)c2)c1=O. The van der Waals surface area contributed by atoms with Crippen LogP contribution in [0.3, 0.4) is 0 Å². The Morgan fingerprint density at radius 1 is 1.25 bits per heavy atom. The lowest BCUT2D eigenvalue weighted by molar-refractivity contribution is 0.107. The first-order chi connectivity index (χ1) is 13.4. The number of benzene rings is 1. The van der Waals surface area contributed by atoms with Crippen LogP contribution in [0.2, 0.25) is 5.02 Å². The largest absolute Gasteiger partial charge is 0.395 e. The highest BCUT2D eigenvalue weighted by atomic mass is 35.5. The average Bonchev–Trinajstić information content (AvgIpc) is 2.68. The van der Waals surface area contributed by atoms with E-state index in [1.54, 1.807) is 31.2 Å². The van der Waals surface area contributed by atoms with Gasteiger partial charge >= 0.3 is 0 Å². The Bertz CT molecular complexity index is 1030. The molecule has 0 bridgehead atoms. The molecule has 0 saturated heterocycles. The van der Waals surface area contributed by atoms with Crippen molar-refractivity contribution in [2.24, 2.45) is 0 Å². The molecule has 0 saturated carbocycles. The van der Waals surface area contributed by atoms with Gasteiger partial charge in [-0.05, 0) is 25.1 Å². The third kappa shape index (κ3) is 4.42. The van der Waals surface area contributed by atoms with Crippen LogP contribution in [0.25, 0.3) is 16.9 Å². The first-order valence-electron chi connectivity index (χ1n) is 8.45. The Hall–Kier alpha value is -2.65. The predicted octanol–water partition coefficient (Wildman–Crippen LogP) is 2.05. The lowest BCUT2D eigenvalue weighted by Crippen LogP contribution is -2.37. The van der Waals surface area contributed by atoms with E-state index in [2.05, 4.69) is 15.4 Å². The van der Waals surface area contributed by atoms with E-state index in [1.807, 2.05) is 0 Å². The third-order valence-electron chi connectivity index (χ3n) is 4.03. The Morgan fingerprint density at radius 3 is 2.61 bits per heavy atom. The van der Waals surface area contributed by atoms with Crippen LogP contribution in [-0.4, -0.2) is 37.6 Å². The van der Waals surface area contributed by atoms with Gasteiger partial charge in [0.05, 0.1) is 35.9 Å². The number of hydrogen-bond donors (Lipinski definition) is 3. The molecule has 2 heterocycles. The van der Waals surface area contributed by atoms with Crippen molar-refractivity contribution in [1.82, 2.24) is 20.1 Å². The minimum atomic E-state index is -1.36. The monoisotopic (exact) mass is 404 g/mol. The molecule has 3 N–H and O–H groups in total. The van der Waals surface area contributed by atoms with Crippen molar-refractivity contribution in [3.63, 3.8) is 0 Å². The second-order valence-electron chi connectivity index (χ2n) is 6.22. The molecule has 0 fully saturated rings. The van der Waals surface area contributed by atoms with Crippen molar-refractivity contribution in [2.75, 3.05) is 6.61 Å². The lowest BCUT2D eigenvalue weighted by atomic mass is 10.1. The van der Waals surface area contributed by atoms with Gasteiger partial charge in [0.15, 0.2) is 0 Å². The summed E-state index contributed by atoms with van der Waals surface area (Å²) in [5.74, 6) is -0.628. The molecule has 7 nitrogen and oxygen atoms in total. The van der Waals surface area contributed by atoms with E-state index in [4.69, 9.17) is 11.6 Å². The molecule has 2 atom stereocenters. The molecule has 3 rings (SSSR count). The summed E-state index contributed by atoms with van der Waals surface area (Å²) in [5.41, 5.74) is 0.475. The van der Waals surface area contributed by atoms with Gasteiger partial charge in [-0.2, -0.15) is 9.78 Å². The Labute approximate surface area is 165 Å². The molecule has 0 aliphatic heterocycles. The summed E-state index contributed by atoms with van der Waals surface area (Å²) in [4.78, 5) is 16.6. The molecule has 0 aliphatic rings. The molecular formula is C19H18ClFN4O3. The molecule has 0 spiro atoms. The molecule has 0 amide bonds. The van der Waals surface area contributed by atoms with Crippen molar-refractivity contribution < 1.29 is 14.6 Å². The van der Waals surface area contributed by atoms with Crippen LogP contribution < -0.4 is 10.9 Å². The van der Waals surface area contributed by atoms with Crippen LogP contribution in [0.15, 0.2) is 53.6 Å². The van der Waals surface area contributed by atoms with E-state index in [9.17, 15) is 19.4 Å². The van der Waals surface area contributed by atoms with Gasteiger partial charge in [0.1, 0.15) is 12.0 Å². The summed E-state index contributed by atoms with van der Waals surface area (Å²) in [6.07, 6.45) is 0.942. The van der Waals surface area contributed by atoms with Crippen molar-refractivity contribution in [3.8, 4) is 16.9 Å². The van der Waals surface area contributed by atoms with Gasteiger partial charge in [-0.15, -0.1) is 0 Å². The average molecular weight is 405 g/mol. The summed E-state index contributed by atoms with van der Waals surface area (Å²) >= 11 is 5.92. The third-order valence-corrected chi connectivity index (χ3v) is 4.28. The van der Waals surface area contributed by atoms with E-state index >= 15 is 0 Å². The molecule has 9 heteroatoms. The van der Waals surface area contributed by atoms with Crippen LogP contribution >= 0.6 is 11.6 Å². The maximum Gasteiger partial charge on any atom is 0.278 e. The van der Waals surface area contributed by atoms with Gasteiger partial charge < -0.3 is 10.2 Å². The molecule has 146 valence electrons. The normalized spacial score (nSPS) is 13.3. The van der Waals surface area contributed by atoms with E-state index in [0.29, 0.717) is 16.3 Å². The Morgan fingerprint density at radius 2 is 1.96 bits per heavy atom. The minimum absolute atomic E-state index is 0.00971. The number of halogens is 2. The number of pyridine rings is 1. The fraction of sp³-hybridized carbons (Fsp3) is 0.211. The first kappa shape index (κ1) is 20.1. The number of aliphatic hydroxyl groups excluding tert-OH is 2. The van der Waals surface area contributed by atoms with Gasteiger partial charge in [0.25, 0.3) is 5.56 Å². The minimum Gasteiger partial charge on any atom is -0.395 e. The second kappa shape index (κ2) is 8.57. The predicted molar refractivity (Wildman–Crippen MR) is 103 cm³/mol. The Balaban J connectivity index is 2.18. The van der Waals surface area contributed by atoms with Gasteiger partial charge in [0.2, 0.25) is 0 Å². The summed E-state index contributed by atoms with van der Waals surface area (Å²) in [6, 6.07) is 8.86. The Kier molecular flexibility index (Phi) is 6.15. The molecule has 28 heavy (non-hydrogen) atoms. The summed E-state index contributed by atoms with van der Waals surface area (Å²) in [6.45, 7) is 1.42. The zero-order chi connectivity index (χ0) is 20.3. The van der Waals surface area contributed by atoms with E-state index in [-0.39, 0.29) is 17.9 Å². The zero-order valence-corrected chi connectivity index (χ0v) is 15.6. The molecule has 3 aromatic rings. The number of nitrogens with zero attached hydrogens (tertiary/aromatic N) is 3. The van der Waals surface area contributed by atoms with Crippen molar-refractivity contribution >= 4 is 11.6 Å². The van der Waals surface area contributed by atoms with Crippen molar-refractivity contribution in [3.05, 3.63) is 75.5 Å². The van der Waals surface area contributed by atoms with E-state index in [1.165, 1.54) is 12.3 Å². The summed E-state index contributed by atoms with van der Waals surface area (Å²) in [5, 5.41) is 27.2. The smallest absolute Gasteiger partial charge is 0.278 e. The first-order valence-corrected chi connectivity index (χ1v) is 8.83. The summed E-state index contributed by atoms with van der Waals surface area (Å²) in [7, 11) is 0. The molecular weight excluding hydrogens is 387 g/mol. The quantitative estimate of drug-likeness (QED) is 0.544. The molecule has 1 unspecified atom stereocenters. The zero-order valence-electron chi connectivity index (χ0n) is 14.9. The number of aliphatic hydroxyl groups is 2. The van der Waals surface area contributed by atoms with Gasteiger partial charge in [-0.1, -0.05) is 23.7 Å².